The van der Waals surface area contributed by atoms with E-state index in [1.807, 2.05) is 0 Å². The predicted octanol–water partition coefficient (Wildman–Crippen LogP) is 3.10. The Bertz CT molecular complexity index is 604. The monoisotopic (exact) mass is 337 g/mol. The van der Waals surface area contributed by atoms with Gasteiger partial charge in [0.1, 0.15) is 4.90 Å². The van der Waals surface area contributed by atoms with Crippen LogP contribution in [0.3, 0.4) is 0 Å². The van der Waals surface area contributed by atoms with Crippen LogP contribution in [-0.2, 0) is 14.8 Å². The van der Waals surface area contributed by atoms with Gasteiger partial charge in [-0.05, 0) is 37.5 Å². The molecule has 1 aliphatic heterocycles. The van der Waals surface area contributed by atoms with E-state index in [1.165, 1.54) is 16.4 Å². The normalized spacial score (nSPS) is 20.5. The van der Waals surface area contributed by atoms with Crippen LogP contribution in [0.5, 0.6) is 0 Å². The van der Waals surface area contributed by atoms with Crippen molar-refractivity contribution in [3.8, 4) is 0 Å². The van der Waals surface area contributed by atoms with Gasteiger partial charge < -0.3 is 4.74 Å². The van der Waals surface area contributed by atoms with Crippen molar-refractivity contribution in [1.82, 2.24) is 4.31 Å². The van der Waals surface area contributed by atoms with Crippen molar-refractivity contribution in [2.45, 2.75) is 30.7 Å². The lowest BCUT2D eigenvalue weighted by molar-refractivity contribution is 0.149. The van der Waals surface area contributed by atoms with Gasteiger partial charge in [-0.3, -0.25) is 0 Å². The summed E-state index contributed by atoms with van der Waals surface area (Å²) >= 11 is 12.0. The average molecular weight is 338 g/mol. The molecule has 0 bridgehead atoms. The minimum absolute atomic E-state index is 0.115. The Balaban J connectivity index is 2.42. The molecule has 112 valence electrons. The quantitative estimate of drug-likeness (QED) is 0.848. The summed E-state index contributed by atoms with van der Waals surface area (Å²) in [4.78, 5) is 0.115. The van der Waals surface area contributed by atoms with Gasteiger partial charge in [0.2, 0.25) is 10.0 Å². The van der Waals surface area contributed by atoms with Crippen molar-refractivity contribution >= 4 is 33.2 Å². The van der Waals surface area contributed by atoms with Crippen molar-refractivity contribution in [1.29, 1.82) is 0 Å². The van der Waals surface area contributed by atoms with Gasteiger partial charge in [-0.25, -0.2) is 8.42 Å². The van der Waals surface area contributed by atoms with Gasteiger partial charge in [0.25, 0.3) is 0 Å². The van der Waals surface area contributed by atoms with Gasteiger partial charge in [-0.1, -0.05) is 23.2 Å². The highest BCUT2D eigenvalue weighted by atomic mass is 35.5. The van der Waals surface area contributed by atoms with Crippen LogP contribution in [0.2, 0.25) is 10.0 Å². The van der Waals surface area contributed by atoms with E-state index in [9.17, 15) is 8.42 Å². The Kier molecular flexibility index (Phi) is 4.97. The summed E-state index contributed by atoms with van der Waals surface area (Å²) in [6, 6.07) is 2.88. The van der Waals surface area contributed by atoms with Crippen LogP contribution in [0.15, 0.2) is 17.0 Å². The molecule has 1 heterocycles. The first-order chi connectivity index (χ1) is 9.37. The zero-order chi connectivity index (χ0) is 14.9. The standard InChI is InChI=1S/C13H17Cl2NO3S/c1-9-6-13(12(15)7-11(9)14)20(17,18)16-5-3-4-10(16)8-19-2/h6-7,10H,3-5,8H2,1-2H3. The van der Waals surface area contributed by atoms with Crippen LogP contribution in [0, 0.1) is 6.92 Å². The lowest BCUT2D eigenvalue weighted by atomic mass is 10.2. The summed E-state index contributed by atoms with van der Waals surface area (Å²) in [7, 11) is -2.05. The molecule has 7 heteroatoms. The maximum Gasteiger partial charge on any atom is 0.244 e. The van der Waals surface area contributed by atoms with Crippen LogP contribution >= 0.6 is 23.2 Å². The van der Waals surface area contributed by atoms with Crippen molar-refractivity contribution < 1.29 is 13.2 Å². The van der Waals surface area contributed by atoms with Crippen LogP contribution in [0.1, 0.15) is 18.4 Å². The number of halogens is 2. The lowest BCUT2D eigenvalue weighted by Crippen LogP contribution is -2.38. The molecule has 0 aliphatic carbocycles. The van der Waals surface area contributed by atoms with E-state index in [0.717, 1.165) is 12.8 Å². The fourth-order valence-electron chi connectivity index (χ4n) is 2.44. The third-order valence-corrected chi connectivity index (χ3v) is 6.31. The van der Waals surface area contributed by atoms with Crippen molar-refractivity contribution in [3.63, 3.8) is 0 Å². The van der Waals surface area contributed by atoms with Gasteiger partial charge in [0.15, 0.2) is 0 Å². The van der Waals surface area contributed by atoms with Crippen LogP contribution in [-0.4, -0.2) is 39.0 Å². The van der Waals surface area contributed by atoms with Crippen molar-refractivity contribution in [2.24, 2.45) is 0 Å². The second kappa shape index (κ2) is 6.20. The number of nitrogens with zero attached hydrogens (tertiary/aromatic N) is 1. The van der Waals surface area contributed by atoms with Gasteiger partial charge in [-0.2, -0.15) is 4.31 Å². The van der Waals surface area contributed by atoms with Crippen LogP contribution < -0.4 is 0 Å². The van der Waals surface area contributed by atoms with Gasteiger partial charge in [0, 0.05) is 24.7 Å². The number of hydrogen-bond acceptors (Lipinski definition) is 3. The van der Waals surface area contributed by atoms with E-state index in [-0.39, 0.29) is 16.0 Å². The number of ether oxygens (including phenoxy) is 1. The molecule has 0 N–H and O–H groups in total. The molecule has 1 saturated heterocycles. The zero-order valence-electron chi connectivity index (χ0n) is 11.4. The summed E-state index contributed by atoms with van der Waals surface area (Å²) in [5, 5.41) is 0.618. The summed E-state index contributed by atoms with van der Waals surface area (Å²) < 4.78 is 32.1. The second-order valence-corrected chi connectivity index (χ2v) is 7.57. The maximum absolute atomic E-state index is 12.7. The molecule has 0 spiro atoms. The summed E-state index contributed by atoms with van der Waals surface area (Å²) in [5.41, 5.74) is 0.692. The Hall–Kier alpha value is -0.330. The molecule has 1 fully saturated rings. The van der Waals surface area contributed by atoms with Crippen molar-refractivity contribution in [3.05, 3.63) is 27.7 Å². The van der Waals surface area contributed by atoms with Crippen LogP contribution in [0.25, 0.3) is 0 Å². The van der Waals surface area contributed by atoms with E-state index in [1.54, 1.807) is 14.0 Å². The molecule has 0 amide bonds. The van der Waals surface area contributed by atoms with E-state index in [0.29, 0.717) is 23.7 Å². The van der Waals surface area contributed by atoms with E-state index in [4.69, 9.17) is 27.9 Å². The topological polar surface area (TPSA) is 46.6 Å². The molecule has 1 aliphatic rings. The largest absolute Gasteiger partial charge is 0.383 e. The first kappa shape index (κ1) is 16.0. The smallest absolute Gasteiger partial charge is 0.244 e. The molecule has 1 atom stereocenters. The zero-order valence-corrected chi connectivity index (χ0v) is 13.7. The number of benzene rings is 1. The molecule has 0 aromatic heterocycles. The summed E-state index contributed by atoms with van der Waals surface area (Å²) in [6.07, 6.45) is 1.63. The van der Waals surface area contributed by atoms with Crippen LogP contribution in [0.4, 0.5) is 0 Å². The Morgan fingerprint density at radius 3 is 2.70 bits per heavy atom. The Labute approximate surface area is 129 Å². The highest BCUT2D eigenvalue weighted by Crippen LogP contribution is 2.33. The highest BCUT2D eigenvalue weighted by Gasteiger charge is 2.36. The number of methoxy groups -OCH3 is 1. The maximum atomic E-state index is 12.7. The third-order valence-electron chi connectivity index (χ3n) is 3.48. The summed E-state index contributed by atoms with van der Waals surface area (Å²) in [6.45, 7) is 2.64. The van der Waals surface area contributed by atoms with Gasteiger partial charge >= 0.3 is 0 Å². The number of sulfonamides is 1. The van der Waals surface area contributed by atoms with E-state index in [2.05, 4.69) is 0 Å². The minimum Gasteiger partial charge on any atom is -0.383 e. The second-order valence-electron chi connectivity index (χ2n) is 4.90. The number of hydrogen-bond donors (Lipinski definition) is 0. The highest BCUT2D eigenvalue weighted by molar-refractivity contribution is 7.89. The SMILES string of the molecule is COCC1CCCN1S(=O)(=O)c1cc(C)c(Cl)cc1Cl. The Morgan fingerprint density at radius 2 is 2.05 bits per heavy atom. The fourth-order valence-corrected chi connectivity index (χ4v) is 4.93. The average Bonchev–Trinajstić information content (AvgIpc) is 2.83. The van der Waals surface area contributed by atoms with Gasteiger partial charge in [-0.15, -0.1) is 0 Å². The molecule has 1 aromatic rings. The minimum atomic E-state index is -3.62. The van der Waals surface area contributed by atoms with Gasteiger partial charge in [0.05, 0.1) is 11.6 Å². The molecule has 1 aromatic carbocycles. The molecule has 1 unspecified atom stereocenters. The molecule has 0 radical (unpaired) electrons. The number of rotatable bonds is 4. The summed E-state index contributed by atoms with van der Waals surface area (Å²) in [5.74, 6) is 0. The molecular formula is C13H17Cl2NO3S. The predicted molar refractivity (Wildman–Crippen MR) is 80.0 cm³/mol. The Morgan fingerprint density at radius 1 is 1.35 bits per heavy atom. The fraction of sp³-hybridized carbons (Fsp3) is 0.538. The molecule has 4 nitrogen and oxygen atoms in total. The first-order valence-electron chi connectivity index (χ1n) is 6.34. The number of aryl methyl sites for hydroxylation is 1. The van der Waals surface area contributed by atoms with Crippen molar-refractivity contribution in [2.75, 3.05) is 20.3 Å². The molecular weight excluding hydrogens is 321 g/mol. The lowest BCUT2D eigenvalue weighted by Gasteiger charge is -2.24. The molecule has 2 rings (SSSR count). The van der Waals surface area contributed by atoms with E-state index >= 15 is 0 Å². The van der Waals surface area contributed by atoms with E-state index < -0.39 is 10.0 Å². The molecule has 0 saturated carbocycles. The first-order valence-corrected chi connectivity index (χ1v) is 8.54. The molecule has 20 heavy (non-hydrogen) atoms. The third kappa shape index (κ3) is 2.97.